The van der Waals surface area contributed by atoms with Crippen molar-refractivity contribution in [3.8, 4) is 0 Å². The van der Waals surface area contributed by atoms with Gasteiger partial charge < -0.3 is 9.32 Å². The Hall–Kier alpha value is -2.24. The van der Waals surface area contributed by atoms with E-state index in [9.17, 15) is 4.79 Å². The largest absolute Gasteiger partial charge is 0.467 e. The van der Waals surface area contributed by atoms with Gasteiger partial charge in [0.1, 0.15) is 5.76 Å². The highest BCUT2D eigenvalue weighted by Gasteiger charge is 2.26. The SMILES string of the molecule is Cn1nc(CN(Cc2ccco2)C(=O)c2cc(Cl)ccc2Cl)c2c1CCC2. The van der Waals surface area contributed by atoms with E-state index in [2.05, 4.69) is 5.10 Å². The van der Waals surface area contributed by atoms with Gasteiger partial charge in [-0.15, -0.1) is 0 Å². The molecule has 7 heteroatoms. The topological polar surface area (TPSA) is 51.3 Å². The lowest BCUT2D eigenvalue weighted by atomic mass is 10.1. The fraction of sp³-hybridized carbons (Fsp3) is 0.300. The van der Waals surface area contributed by atoms with Gasteiger partial charge in [-0.1, -0.05) is 23.2 Å². The number of nitrogens with zero attached hydrogens (tertiary/aromatic N) is 3. The summed E-state index contributed by atoms with van der Waals surface area (Å²) < 4.78 is 7.39. The maximum absolute atomic E-state index is 13.3. The van der Waals surface area contributed by atoms with Crippen LogP contribution in [0, 0.1) is 0 Å². The van der Waals surface area contributed by atoms with Crippen molar-refractivity contribution in [2.24, 2.45) is 7.05 Å². The average molecular weight is 404 g/mol. The van der Waals surface area contributed by atoms with Crippen molar-refractivity contribution in [1.82, 2.24) is 14.7 Å². The van der Waals surface area contributed by atoms with Crippen molar-refractivity contribution in [1.29, 1.82) is 0 Å². The van der Waals surface area contributed by atoms with E-state index >= 15 is 0 Å². The molecule has 0 radical (unpaired) electrons. The summed E-state index contributed by atoms with van der Waals surface area (Å²) in [4.78, 5) is 15.0. The van der Waals surface area contributed by atoms with Gasteiger partial charge >= 0.3 is 0 Å². The van der Waals surface area contributed by atoms with Crippen molar-refractivity contribution in [3.63, 3.8) is 0 Å². The molecule has 27 heavy (non-hydrogen) atoms. The molecule has 1 aliphatic rings. The van der Waals surface area contributed by atoms with E-state index in [0.29, 0.717) is 34.5 Å². The molecule has 0 unspecified atom stereocenters. The van der Waals surface area contributed by atoms with Gasteiger partial charge in [-0.25, -0.2) is 0 Å². The molecule has 0 aliphatic heterocycles. The molecular weight excluding hydrogens is 385 g/mol. The zero-order valence-electron chi connectivity index (χ0n) is 14.9. The Bertz CT molecular complexity index is 980. The number of carbonyl (C=O) groups is 1. The Morgan fingerprint density at radius 2 is 2.11 bits per heavy atom. The molecule has 3 aromatic rings. The number of rotatable bonds is 5. The van der Waals surface area contributed by atoms with Crippen molar-refractivity contribution in [2.45, 2.75) is 32.4 Å². The first-order chi connectivity index (χ1) is 13.0. The maximum Gasteiger partial charge on any atom is 0.256 e. The third-order valence-corrected chi connectivity index (χ3v) is 5.48. The van der Waals surface area contributed by atoms with Crippen LogP contribution >= 0.6 is 23.2 Å². The first kappa shape index (κ1) is 18.1. The summed E-state index contributed by atoms with van der Waals surface area (Å²) in [5.74, 6) is 0.505. The molecule has 0 spiro atoms. The molecule has 140 valence electrons. The summed E-state index contributed by atoms with van der Waals surface area (Å²) in [6.45, 7) is 0.728. The van der Waals surface area contributed by atoms with Gasteiger partial charge in [0, 0.05) is 17.8 Å². The van der Waals surface area contributed by atoms with Crippen LogP contribution in [0.5, 0.6) is 0 Å². The van der Waals surface area contributed by atoms with Crippen molar-refractivity contribution in [3.05, 3.63) is 74.9 Å². The molecule has 1 aliphatic carbocycles. The molecule has 2 aromatic heterocycles. The number of aryl methyl sites for hydroxylation is 1. The number of hydrogen-bond acceptors (Lipinski definition) is 3. The predicted molar refractivity (Wildman–Crippen MR) is 104 cm³/mol. The highest BCUT2D eigenvalue weighted by Crippen LogP contribution is 2.28. The van der Waals surface area contributed by atoms with Gasteiger partial charge in [-0.05, 0) is 55.2 Å². The Balaban J connectivity index is 1.68. The fourth-order valence-electron chi connectivity index (χ4n) is 3.63. The molecule has 0 saturated heterocycles. The molecule has 0 fully saturated rings. The van der Waals surface area contributed by atoms with E-state index in [4.69, 9.17) is 27.6 Å². The molecule has 0 saturated carbocycles. The first-order valence-electron chi connectivity index (χ1n) is 8.83. The Morgan fingerprint density at radius 3 is 2.89 bits per heavy atom. The van der Waals surface area contributed by atoms with Crippen LogP contribution in [-0.2, 0) is 33.0 Å². The third-order valence-electron chi connectivity index (χ3n) is 4.91. The quantitative estimate of drug-likeness (QED) is 0.622. The van der Waals surface area contributed by atoms with Crippen LogP contribution in [0.2, 0.25) is 10.0 Å². The fourth-order valence-corrected chi connectivity index (χ4v) is 4.00. The minimum absolute atomic E-state index is 0.198. The van der Waals surface area contributed by atoms with Crippen molar-refractivity contribution >= 4 is 29.1 Å². The van der Waals surface area contributed by atoms with Gasteiger partial charge in [-0.2, -0.15) is 5.10 Å². The van der Waals surface area contributed by atoms with E-state index in [1.807, 2.05) is 23.9 Å². The molecular formula is C20H19Cl2N3O2. The lowest BCUT2D eigenvalue weighted by Gasteiger charge is -2.22. The average Bonchev–Trinajstić information content (AvgIpc) is 3.37. The second kappa shape index (κ2) is 7.41. The van der Waals surface area contributed by atoms with Crippen LogP contribution in [0.3, 0.4) is 0 Å². The number of hydrogen-bond donors (Lipinski definition) is 0. The highest BCUT2D eigenvalue weighted by atomic mass is 35.5. The van der Waals surface area contributed by atoms with E-state index in [1.54, 1.807) is 29.4 Å². The van der Waals surface area contributed by atoms with E-state index in [-0.39, 0.29) is 5.91 Å². The van der Waals surface area contributed by atoms with E-state index < -0.39 is 0 Å². The number of fused-ring (bicyclic) bond motifs is 1. The summed E-state index contributed by atoms with van der Waals surface area (Å²) in [6.07, 6.45) is 4.76. The lowest BCUT2D eigenvalue weighted by Crippen LogP contribution is -2.30. The normalized spacial score (nSPS) is 13.0. The predicted octanol–water partition coefficient (Wildman–Crippen LogP) is 4.65. The third kappa shape index (κ3) is 3.62. The minimum atomic E-state index is -0.198. The first-order valence-corrected chi connectivity index (χ1v) is 9.59. The summed E-state index contributed by atoms with van der Waals surface area (Å²) in [7, 11) is 1.96. The number of halogens is 2. The molecule has 0 N–H and O–H groups in total. The van der Waals surface area contributed by atoms with Gasteiger partial charge in [-0.3, -0.25) is 9.48 Å². The molecule has 0 atom stereocenters. The maximum atomic E-state index is 13.3. The number of amides is 1. The summed E-state index contributed by atoms with van der Waals surface area (Å²) in [5, 5.41) is 5.50. The molecule has 4 rings (SSSR count). The van der Waals surface area contributed by atoms with Crippen LogP contribution < -0.4 is 0 Å². The lowest BCUT2D eigenvalue weighted by molar-refractivity contribution is 0.0715. The van der Waals surface area contributed by atoms with Gasteiger partial charge in [0.25, 0.3) is 5.91 Å². The second-order valence-electron chi connectivity index (χ2n) is 6.71. The molecule has 5 nitrogen and oxygen atoms in total. The van der Waals surface area contributed by atoms with Crippen LogP contribution in [0.25, 0.3) is 0 Å². The molecule has 2 heterocycles. The monoisotopic (exact) mass is 403 g/mol. The van der Waals surface area contributed by atoms with E-state index in [0.717, 1.165) is 25.0 Å². The van der Waals surface area contributed by atoms with Gasteiger partial charge in [0.15, 0.2) is 0 Å². The zero-order chi connectivity index (χ0) is 19.0. The Labute approximate surface area is 167 Å². The van der Waals surface area contributed by atoms with Crippen LogP contribution in [0.4, 0.5) is 0 Å². The zero-order valence-corrected chi connectivity index (χ0v) is 16.4. The Morgan fingerprint density at radius 1 is 1.26 bits per heavy atom. The van der Waals surface area contributed by atoms with Crippen molar-refractivity contribution < 1.29 is 9.21 Å². The second-order valence-corrected chi connectivity index (χ2v) is 7.56. The van der Waals surface area contributed by atoms with Crippen LogP contribution in [0.15, 0.2) is 41.0 Å². The van der Waals surface area contributed by atoms with Gasteiger partial charge in [0.2, 0.25) is 0 Å². The van der Waals surface area contributed by atoms with Crippen LogP contribution in [0.1, 0.15) is 39.5 Å². The van der Waals surface area contributed by atoms with Crippen LogP contribution in [-0.4, -0.2) is 20.6 Å². The minimum Gasteiger partial charge on any atom is -0.467 e. The number of carbonyl (C=O) groups excluding carboxylic acids is 1. The molecule has 0 bridgehead atoms. The smallest absolute Gasteiger partial charge is 0.256 e. The summed E-state index contributed by atoms with van der Waals surface area (Å²) in [5.41, 5.74) is 3.83. The summed E-state index contributed by atoms with van der Waals surface area (Å²) >= 11 is 12.4. The van der Waals surface area contributed by atoms with E-state index in [1.165, 1.54) is 11.3 Å². The van der Waals surface area contributed by atoms with Crippen molar-refractivity contribution in [2.75, 3.05) is 0 Å². The number of aromatic nitrogens is 2. The Kier molecular flexibility index (Phi) is 4.98. The highest BCUT2D eigenvalue weighted by molar-refractivity contribution is 6.35. The standard InChI is InChI=1S/C20H19Cl2N3O2/c1-24-19-6-2-5-15(19)18(23-24)12-25(11-14-4-3-9-27-14)20(26)16-10-13(21)7-8-17(16)22/h3-4,7-10H,2,5-6,11-12H2,1H3. The van der Waals surface area contributed by atoms with Gasteiger partial charge in [0.05, 0.1) is 35.6 Å². The molecule has 1 amide bonds. The summed E-state index contributed by atoms with van der Waals surface area (Å²) in [6, 6.07) is 8.57. The number of benzene rings is 1. The molecule has 1 aromatic carbocycles. The number of furan rings is 1.